The van der Waals surface area contributed by atoms with E-state index >= 15 is 4.39 Å². The maximum atomic E-state index is 15.8. The maximum absolute atomic E-state index is 15.8. The molecule has 6 nitrogen and oxygen atoms in total. The fourth-order valence-corrected chi connectivity index (χ4v) is 5.83. The lowest BCUT2D eigenvalue weighted by Gasteiger charge is -2.26. The first-order valence-corrected chi connectivity index (χ1v) is 15.0. The number of alkyl halides is 3. The number of likely N-dealkylation sites (N-methyl/N-ethyl adjacent to an activating group) is 1. The second-order valence-corrected chi connectivity index (χ2v) is 12.6. The Morgan fingerprint density at radius 2 is 1.59 bits per heavy atom. The van der Waals surface area contributed by atoms with Crippen molar-refractivity contribution in [1.82, 2.24) is 9.47 Å². The van der Waals surface area contributed by atoms with Crippen molar-refractivity contribution in [3.63, 3.8) is 0 Å². The van der Waals surface area contributed by atoms with Crippen LogP contribution in [0.4, 0.5) is 17.6 Å². The minimum absolute atomic E-state index is 0. The molecule has 0 aliphatic heterocycles. The van der Waals surface area contributed by atoms with Gasteiger partial charge in [0.2, 0.25) is 0 Å². The van der Waals surface area contributed by atoms with E-state index in [9.17, 15) is 32.7 Å². The average Bonchev–Trinajstić information content (AvgIpc) is 2.90. The van der Waals surface area contributed by atoms with E-state index in [-0.39, 0.29) is 31.4 Å². The Hall–Kier alpha value is -3.44. The molecule has 3 aromatic rings. The molecule has 0 radical (unpaired) electrons. The maximum Gasteiger partial charge on any atom is 0.419 e. The molecule has 0 fully saturated rings. The number of aromatic nitrogens is 1. The number of hydrogen-bond acceptors (Lipinski definition) is 4. The van der Waals surface area contributed by atoms with Gasteiger partial charge in [0.1, 0.15) is 5.82 Å². The van der Waals surface area contributed by atoms with Gasteiger partial charge in [-0.2, -0.15) is 26.7 Å². The number of aryl methyl sites for hydroxylation is 3. The Balaban J connectivity index is 0.00000736. The third-order valence-electron chi connectivity index (χ3n) is 8.11. The molecule has 0 amide bonds. The highest BCUT2D eigenvalue weighted by Crippen LogP contribution is 2.41. The van der Waals surface area contributed by atoms with Gasteiger partial charge in [-0.25, -0.2) is 4.39 Å². The molecule has 1 aromatic heterocycles. The summed E-state index contributed by atoms with van der Waals surface area (Å²) in [6.45, 7) is 9.68. The van der Waals surface area contributed by atoms with Gasteiger partial charge < -0.3 is 14.6 Å². The van der Waals surface area contributed by atoms with Gasteiger partial charge in [0, 0.05) is 31.1 Å². The second-order valence-electron chi connectivity index (χ2n) is 12.6. The van der Waals surface area contributed by atoms with Crippen molar-refractivity contribution in [2.24, 2.45) is 5.92 Å². The monoisotopic (exact) mass is 664 g/mol. The zero-order chi connectivity index (χ0) is 33.8. The molecular weight excluding hydrogens is 620 g/mol. The Labute approximate surface area is 274 Å². The number of rotatable bonds is 13. The summed E-state index contributed by atoms with van der Waals surface area (Å²) in [5.41, 5.74) is 1.05. The number of hydrogen-bond donors (Lipinski definition) is 1. The topological polar surface area (TPSA) is 79.6 Å². The molecule has 1 unspecified atom stereocenters. The van der Waals surface area contributed by atoms with Gasteiger partial charge >= 0.3 is 12.1 Å². The van der Waals surface area contributed by atoms with Crippen LogP contribution in [0.25, 0.3) is 11.1 Å². The minimum atomic E-state index is -5.07. The molecule has 0 aliphatic rings. The van der Waals surface area contributed by atoms with E-state index in [1.54, 1.807) is 38.2 Å². The summed E-state index contributed by atoms with van der Waals surface area (Å²) in [6, 6.07) is 7.59. The van der Waals surface area contributed by atoms with E-state index in [0.29, 0.717) is 29.7 Å². The van der Waals surface area contributed by atoms with E-state index in [0.717, 1.165) is 17.2 Å². The second kappa shape index (κ2) is 15.9. The van der Waals surface area contributed by atoms with Gasteiger partial charge in [-0.1, -0.05) is 32.0 Å². The van der Waals surface area contributed by atoms with Gasteiger partial charge in [-0.3, -0.25) is 14.4 Å². The van der Waals surface area contributed by atoms with Crippen molar-refractivity contribution in [1.29, 1.82) is 0 Å². The van der Waals surface area contributed by atoms with Crippen LogP contribution in [0.2, 0.25) is 0 Å². The highest BCUT2D eigenvalue weighted by atomic mass is 32.1. The number of benzene rings is 2. The SMILES string of the molecule is Cc1cc(=O)n(C(CC(C)C)C(=O)C[C@@H](CC(=O)O)c2cc(-c3c(C)cccc3C)cc(C(F)(F)F)c2F)cc1CCN(C)C.S. The first-order chi connectivity index (χ1) is 20.9. The number of Topliss-reactive ketones (excluding diaryl/α,β-unsaturated/α-hetero) is 1. The van der Waals surface area contributed by atoms with Gasteiger partial charge in [-0.15, -0.1) is 0 Å². The lowest BCUT2D eigenvalue weighted by Crippen LogP contribution is -2.32. The fraction of sp³-hybridized carbons (Fsp3) is 0.457. The van der Waals surface area contributed by atoms with Gasteiger partial charge in [0.05, 0.1) is 18.0 Å². The number of carbonyl (C=O) groups excluding carboxylic acids is 1. The minimum Gasteiger partial charge on any atom is -0.481 e. The van der Waals surface area contributed by atoms with E-state index < -0.39 is 65.2 Å². The summed E-state index contributed by atoms with van der Waals surface area (Å²) >= 11 is 0. The van der Waals surface area contributed by atoms with Crippen LogP contribution in [0.15, 0.2) is 47.4 Å². The number of carbonyl (C=O) groups is 2. The van der Waals surface area contributed by atoms with Crippen LogP contribution in [-0.2, 0) is 22.2 Å². The molecule has 252 valence electrons. The molecule has 3 rings (SSSR count). The fourth-order valence-electron chi connectivity index (χ4n) is 5.83. The number of ketones is 1. The van der Waals surface area contributed by atoms with E-state index in [1.165, 1.54) is 16.7 Å². The van der Waals surface area contributed by atoms with Crippen LogP contribution in [-0.4, -0.2) is 47.0 Å². The predicted molar refractivity (Wildman–Crippen MR) is 177 cm³/mol. The van der Waals surface area contributed by atoms with Crippen molar-refractivity contribution in [2.45, 2.75) is 78.4 Å². The van der Waals surface area contributed by atoms with Gasteiger partial charge in [0.25, 0.3) is 5.56 Å². The Morgan fingerprint density at radius 3 is 2.11 bits per heavy atom. The summed E-state index contributed by atoms with van der Waals surface area (Å²) in [6.07, 6.45) is -3.93. The van der Waals surface area contributed by atoms with Crippen LogP contribution >= 0.6 is 13.5 Å². The summed E-state index contributed by atoms with van der Waals surface area (Å²) in [5, 5.41) is 9.75. The molecule has 0 aliphatic carbocycles. The smallest absolute Gasteiger partial charge is 0.419 e. The van der Waals surface area contributed by atoms with Crippen molar-refractivity contribution < 1.29 is 32.3 Å². The van der Waals surface area contributed by atoms with E-state index in [4.69, 9.17) is 0 Å². The van der Waals surface area contributed by atoms with Crippen molar-refractivity contribution in [3.05, 3.63) is 92.1 Å². The summed E-state index contributed by atoms with van der Waals surface area (Å²) in [7, 11) is 3.83. The third kappa shape index (κ3) is 9.54. The molecule has 11 heteroatoms. The molecule has 1 N–H and O–H groups in total. The highest BCUT2D eigenvalue weighted by Gasteiger charge is 2.38. The van der Waals surface area contributed by atoms with Gasteiger partial charge in [-0.05, 0) is 105 Å². The number of aliphatic carboxylic acids is 1. The van der Waals surface area contributed by atoms with Crippen LogP contribution in [0.3, 0.4) is 0 Å². The quantitative estimate of drug-likeness (QED) is 0.190. The Morgan fingerprint density at radius 1 is 0.978 bits per heavy atom. The highest BCUT2D eigenvalue weighted by molar-refractivity contribution is 7.59. The molecule has 0 spiro atoms. The normalized spacial score (nSPS) is 13.1. The van der Waals surface area contributed by atoms with Crippen molar-refractivity contribution in [2.75, 3.05) is 20.6 Å². The number of carboxylic acids is 1. The molecule has 46 heavy (non-hydrogen) atoms. The predicted octanol–water partition coefficient (Wildman–Crippen LogP) is 7.62. The number of halogens is 4. The number of nitrogens with zero attached hydrogens (tertiary/aromatic N) is 2. The molecule has 0 bridgehead atoms. The van der Waals surface area contributed by atoms with E-state index in [2.05, 4.69) is 0 Å². The third-order valence-corrected chi connectivity index (χ3v) is 8.11. The summed E-state index contributed by atoms with van der Waals surface area (Å²) in [5.74, 6) is -5.02. The average molecular weight is 665 g/mol. The standard InChI is InChI=1S/C35H42F4N2O4.H2S/c1-20(2)13-29(41-19-24(11-12-40(6)7)23(5)14-31(41)43)30(42)17-25(18-32(44)45)27-15-26(16-28(34(27)36)35(37,38)39)33-21(3)9-8-10-22(33)4;/h8-10,14-16,19-20,25,29H,11-13,17-18H2,1-7H3,(H,44,45);1H2/t25-,29?;/m0./s1. The molecule has 0 saturated heterocycles. The number of carboxylic acid groups (broad SMARTS) is 1. The molecule has 1 heterocycles. The largest absolute Gasteiger partial charge is 0.481 e. The summed E-state index contributed by atoms with van der Waals surface area (Å²) < 4.78 is 59.6. The lowest BCUT2D eigenvalue weighted by molar-refractivity contribution is -0.140. The number of pyridine rings is 1. The first kappa shape index (κ1) is 38.7. The summed E-state index contributed by atoms with van der Waals surface area (Å²) in [4.78, 5) is 41.2. The zero-order valence-electron chi connectivity index (χ0n) is 27.4. The van der Waals surface area contributed by atoms with Gasteiger partial charge in [0.15, 0.2) is 5.78 Å². The zero-order valence-corrected chi connectivity index (χ0v) is 28.4. The molecule has 2 atom stereocenters. The van der Waals surface area contributed by atoms with Crippen molar-refractivity contribution in [3.8, 4) is 11.1 Å². The van der Waals surface area contributed by atoms with Crippen LogP contribution in [0, 0.1) is 32.5 Å². The first-order valence-electron chi connectivity index (χ1n) is 15.0. The Kier molecular flexibility index (Phi) is 13.4. The molecular formula is C35H44F4N2O4S. The Bertz CT molecular complexity index is 1600. The van der Waals surface area contributed by atoms with Crippen LogP contribution < -0.4 is 5.56 Å². The van der Waals surface area contributed by atoms with Crippen molar-refractivity contribution >= 4 is 25.2 Å². The van der Waals surface area contributed by atoms with E-state index in [1.807, 2.05) is 39.8 Å². The molecule has 2 aromatic carbocycles. The molecule has 0 saturated carbocycles. The van der Waals surface area contributed by atoms with Crippen LogP contribution in [0.5, 0.6) is 0 Å². The van der Waals surface area contributed by atoms with Crippen LogP contribution in [0.1, 0.15) is 78.5 Å². The lowest BCUT2D eigenvalue weighted by atomic mass is 9.83.